The first-order chi connectivity index (χ1) is 10.3. The second kappa shape index (κ2) is 7.84. The van der Waals surface area contributed by atoms with E-state index in [0.29, 0.717) is 6.04 Å². The number of rotatable bonds is 7. The topological polar surface area (TPSA) is 21.3 Å². The smallest absolute Gasteiger partial charge is 0.118 e. The van der Waals surface area contributed by atoms with Gasteiger partial charge in [0.25, 0.3) is 0 Å². The molecule has 2 nitrogen and oxygen atoms in total. The lowest BCUT2D eigenvalue weighted by atomic mass is 9.97. The zero-order valence-electron chi connectivity index (χ0n) is 13.2. The van der Waals surface area contributed by atoms with Crippen molar-refractivity contribution in [3.8, 4) is 5.75 Å². The third-order valence-corrected chi connectivity index (χ3v) is 3.99. The minimum atomic E-state index is 0.401. The Balaban J connectivity index is 2.01. The van der Waals surface area contributed by atoms with Crippen LogP contribution in [0.3, 0.4) is 0 Å². The van der Waals surface area contributed by atoms with Gasteiger partial charge in [0, 0.05) is 6.04 Å². The van der Waals surface area contributed by atoms with Gasteiger partial charge in [-0.05, 0) is 55.1 Å². The molecule has 0 saturated carbocycles. The molecule has 1 N–H and O–H groups in total. The number of benzene rings is 2. The Kier molecular flexibility index (Phi) is 5.82. The predicted octanol–water partition coefficient (Wildman–Crippen LogP) is 4.15. The van der Waals surface area contributed by atoms with Crippen LogP contribution in [0.25, 0.3) is 0 Å². The van der Waals surface area contributed by atoms with Gasteiger partial charge in [-0.3, -0.25) is 0 Å². The van der Waals surface area contributed by atoms with Crippen LogP contribution in [0.1, 0.15) is 36.1 Å². The minimum Gasteiger partial charge on any atom is -0.497 e. The molecule has 2 heteroatoms. The molecule has 0 aliphatic heterocycles. The summed E-state index contributed by atoms with van der Waals surface area (Å²) in [5.41, 5.74) is 4.13. The largest absolute Gasteiger partial charge is 0.497 e. The maximum atomic E-state index is 5.20. The van der Waals surface area contributed by atoms with Gasteiger partial charge in [-0.15, -0.1) is 0 Å². The molecule has 112 valence electrons. The summed E-state index contributed by atoms with van der Waals surface area (Å²) in [6, 6.07) is 17.6. The highest BCUT2D eigenvalue weighted by Gasteiger charge is 2.09. The van der Waals surface area contributed by atoms with E-state index < -0.39 is 0 Å². The van der Waals surface area contributed by atoms with E-state index in [1.54, 1.807) is 7.11 Å². The van der Waals surface area contributed by atoms with Crippen molar-refractivity contribution in [3.63, 3.8) is 0 Å². The molecule has 0 aromatic heterocycles. The van der Waals surface area contributed by atoms with Crippen LogP contribution in [0.4, 0.5) is 0 Å². The van der Waals surface area contributed by atoms with E-state index in [-0.39, 0.29) is 0 Å². The van der Waals surface area contributed by atoms with E-state index in [1.165, 1.54) is 16.7 Å². The zero-order chi connectivity index (χ0) is 15.1. The third-order valence-electron chi connectivity index (χ3n) is 3.99. The minimum absolute atomic E-state index is 0.401. The van der Waals surface area contributed by atoms with Crippen LogP contribution in [0.15, 0.2) is 48.5 Å². The third kappa shape index (κ3) is 4.33. The molecule has 0 fully saturated rings. The monoisotopic (exact) mass is 283 g/mol. The van der Waals surface area contributed by atoms with Crippen LogP contribution in [-0.2, 0) is 12.8 Å². The summed E-state index contributed by atoms with van der Waals surface area (Å²) in [5, 5.41) is 3.44. The first-order valence-electron chi connectivity index (χ1n) is 7.65. The van der Waals surface area contributed by atoms with E-state index in [9.17, 15) is 0 Å². The number of ether oxygens (including phenoxy) is 1. The van der Waals surface area contributed by atoms with Crippen molar-refractivity contribution in [2.75, 3.05) is 14.2 Å². The quantitative estimate of drug-likeness (QED) is 0.824. The zero-order valence-corrected chi connectivity index (χ0v) is 13.2. The van der Waals surface area contributed by atoms with Gasteiger partial charge < -0.3 is 10.1 Å². The Labute approximate surface area is 128 Å². The second-order valence-corrected chi connectivity index (χ2v) is 5.33. The number of hydrogen-bond acceptors (Lipinski definition) is 2. The molecule has 0 saturated heterocycles. The first-order valence-corrected chi connectivity index (χ1v) is 7.65. The molecule has 0 heterocycles. The summed E-state index contributed by atoms with van der Waals surface area (Å²) >= 11 is 0. The summed E-state index contributed by atoms with van der Waals surface area (Å²) < 4.78 is 5.20. The van der Waals surface area contributed by atoms with Gasteiger partial charge in [0.1, 0.15) is 5.75 Å². The van der Waals surface area contributed by atoms with Crippen molar-refractivity contribution in [1.82, 2.24) is 5.32 Å². The molecule has 0 bridgehead atoms. The Bertz CT molecular complexity index is 548. The van der Waals surface area contributed by atoms with Gasteiger partial charge in [0.15, 0.2) is 0 Å². The van der Waals surface area contributed by atoms with E-state index in [1.807, 2.05) is 19.2 Å². The highest BCUT2D eigenvalue weighted by atomic mass is 16.5. The number of hydrogen-bond donors (Lipinski definition) is 1. The van der Waals surface area contributed by atoms with Crippen LogP contribution < -0.4 is 10.1 Å². The van der Waals surface area contributed by atoms with Crippen molar-refractivity contribution in [3.05, 3.63) is 65.2 Å². The first kappa shape index (κ1) is 15.6. The summed E-state index contributed by atoms with van der Waals surface area (Å²) in [7, 11) is 3.74. The highest BCUT2D eigenvalue weighted by molar-refractivity contribution is 5.29. The average molecular weight is 283 g/mol. The lowest BCUT2D eigenvalue weighted by Crippen LogP contribution is -2.17. The van der Waals surface area contributed by atoms with Gasteiger partial charge in [-0.25, -0.2) is 0 Å². The van der Waals surface area contributed by atoms with Crippen molar-refractivity contribution < 1.29 is 4.74 Å². The van der Waals surface area contributed by atoms with Crippen molar-refractivity contribution in [1.29, 1.82) is 0 Å². The summed E-state index contributed by atoms with van der Waals surface area (Å²) in [6.07, 6.45) is 3.24. The molecule has 0 aliphatic rings. The fraction of sp³-hybridized carbons (Fsp3) is 0.368. The molecule has 1 unspecified atom stereocenters. The molecule has 0 radical (unpaired) electrons. The molecule has 2 aromatic rings. The molecule has 21 heavy (non-hydrogen) atoms. The molecule has 0 spiro atoms. The van der Waals surface area contributed by atoms with Crippen molar-refractivity contribution in [2.45, 2.75) is 32.2 Å². The lowest BCUT2D eigenvalue weighted by molar-refractivity contribution is 0.414. The van der Waals surface area contributed by atoms with Crippen LogP contribution in [-0.4, -0.2) is 14.2 Å². The molecular weight excluding hydrogens is 258 g/mol. The molecular formula is C19H25NO. The maximum Gasteiger partial charge on any atom is 0.118 e. The molecule has 2 aromatic carbocycles. The Hall–Kier alpha value is -1.80. The molecule has 0 aliphatic carbocycles. The highest BCUT2D eigenvalue weighted by Crippen LogP contribution is 2.21. The number of nitrogens with one attached hydrogen (secondary N) is 1. The maximum absolute atomic E-state index is 5.20. The number of aryl methyl sites for hydroxylation is 2. The van der Waals surface area contributed by atoms with Gasteiger partial charge in [-0.1, -0.05) is 43.3 Å². The summed E-state index contributed by atoms with van der Waals surface area (Å²) in [5.74, 6) is 0.916. The fourth-order valence-corrected chi connectivity index (χ4v) is 2.61. The average Bonchev–Trinajstić information content (AvgIpc) is 2.56. The van der Waals surface area contributed by atoms with E-state index in [4.69, 9.17) is 4.74 Å². The Morgan fingerprint density at radius 3 is 2.43 bits per heavy atom. The molecule has 1 atom stereocenters. The number of methoxy groups -OCH3 is 1. The van der Waals surface area contributed by atoms with Gasteiger partial charge in [-0.2, -0.15) is 0 Å². The van der Waals surface area contributed by atoms with Crippen LogP contribution in [0.2, 0.25) is 0 Å². The van der Waals surface area contributed by atoms with Gasteiger partial charge in [0.05, 0.1) is 7.11 Å². The standard InChI is InChI=1S/C19H25NO/c1-4-15-6-5-7-17(14-15)19(20-2)13-10-16-8-11-18(21-3)12-9-16/h5-9,11-12,14,19-20H,4,10,13H2,1-3H3. The van der Waals surface area contributed by atoms with Crippen LogP contribution in [0.5, 0.6) is 5.75 Å². The normalized spacial score (nSPS) is 12.1. The van der Waals surface area contributed by atoms with Crippen LogP contribution >= 0.6 is 0 Å². The van der Waals surface area contributed by atoms with Crippen molar-refractivity contribution in [2.24, 2.45) is 0 Å². The predicted molar refractivity (Wildman–Crippen MR) is 88.9 cm³/mol. The Morgan fingerprint density at radius 1 is 1.05 bits per heavy atom. The van der Waals surface area contributed by atoms with E-state index in [0.717, 1.165) is 25.0 Å². The lowest BCUT2D eigenvalue weighted by Gasteiger charge is -2.17. The van der Waals surface area contributed by atoms with Gasteiger partial charge >= 0.3 is 0 Å². The van der Waals surface area contributed by atoms with Crippen LogP contribution in [0, 0.1) is 0 Å². The summed E-state index contributed by atoms with van der Waals surface area (Å²) in [6.45, 7) is 2.20. The molecule has 0 amide bonds. The summed E-state index contributed by atoms with van der Waals surface area (Å²) in [4.78, 5) is 0. The fourth-order valence-electron chi connectivity index (χ4n) is 2.61. The molecule has 2 rings (SSSR count). The van der Waals surface area contributed by atoms with Crippen molar-refractivity contribution >= 4 is 0 Å². The SMILES string of the molecule is CCc1cccc(C(CCc2ccc(OC)cc2)NC)c1. The van der Waals surface area contributed by atoms with E-state index in [2.05, 4.69) is 48.6 Å². The van der Waals surface area contributed by atoms with E-state index >= 15 is 0 Å². The van der Waals surface area contributed by atoms with Gasteiger partial charge in [0.2, 0.25) is 0 Å². The second-order valence-electron chi connectivity index (χ2n) is 5.33. The Morgan fingerprint density at radius 2 is 1.81 bits per heavy atom.